The van der Waals surface area contributed by atoms with Crippen LogP contribution in [0.4, 0.5) is 0 Å². The van der Waals surface area contributed by atoms with Gasteiger partial charge >= 0.3 is 0 Å². The maximum atomic E-state index is 13.4. The number of benzene rings is 1. The van der Waals surface area contributed by atoms with Crippen molar-refractivity contribution in [3.63, 3.8) is 0 Å². The summed E-state index contributed by atoms with van der Waals surface area (Å²) in [5.41, 5.74) is 7.77. The number of carbonyl (C=O) groups is 2. The lowest BCUT2D eigenvalue weighted by molar-refractivity contribution is 0.0285. The molecule has 0 bridgehead atoms. The van der Waals surface area contributed by atoms with Crippen molar-refractivity contribution in [3.8, 4) is 11.6 Å². The fourth-order valence-electron chi connectivity index (χ4n) is 5.21. The van der Waals surface area contributed by atoms with E-state index < -0.39 is 11.5 Å². The molecule has 1 aromatic carbocycles. The van der Waals surface area contributed by atoms with E-state index >= 15 is 0 Å². The number of primary amides is 1. The Kier molecular flexibility index (Phi) is 7.65. The molecule has 3 heterocycles. The third-order valence-corrected chi connectivity index (χ3v) is 7.27. The number of aliphatic hydroxyl groups is 1. The van der Waals surface area contributed by atoms with Crippen LogP contribution in [0.1, 0.15) is 85.8 Å². The Bertz CT molecular complexity index is 1590. The van der Waals surface area contributed by atoms with Crippen LogP contribution in [0.2, 0.25) is 0 Å². The monoisotopic (exact) mass is 562 g/mol. The van der Waals surface area contributed by atoms with E-state index in [1.54, 1.807) is 30.6 Å². The molecule has 0 unspecified atom stereocenters. The first-order chi connectivity index (χ1) is 19.4. The number of aromatic nitrogens is 4. The lowest BCUT2D eigenvalue weighted by Gasteiger charge is -2.28. The summed E-state index contributed by atoms with van der Waals surface area (Å²) in [4.78, 5) is 25.6. The Balaban J connectivity index is 1.25. The highest BCUT2D eigenvalue weighted by molar-refractivity contribution is 6.05. The van der Waals surface area contributed by atoms with Gasteiger partial charge < -0.3 is 25.6 Å². The van der Waals surface area contributed by atoms with Crippen LogP contribution in [0.3, 0.4) is 0 Å². The predicted octanol–water partition coefficient (Wildman–Crippen LogP) is 3.94. The minimum Gasteiger partial charge on any atom is -0.491 e. The van der Waals surface area contributed by atoms with Gasteiger partial charge in [-0.3, -0.25) is 14.3 Å². The lowest BCUT2D eigenvalue weighted by Crippen LogP contribution is -2.40. The molecule has 5 rings (SSSR count). The number of ether oxygens (including phenoxy) is 2. The van der Waals surface area contributed by atoms with Crippen molar-refractivity contribution in [3.05, 3.63) is 53.3 Å². The van der Waals surface area contributed by atoms with E-state index in [9.17, 15) is 14.7 Å². The fraction of sp³-hybridized carbons (Fsp3) is 0.467. The maximum absolute atomic E-state index is 13.4. The highest BCUT2D eigenvalue weighted by atomic mass is 16.5. The first kappa shape index (κ1) is 28.4. The van der Waals surface area contributed by atoms with Crippen molar-refractivity contribution in [2.24, 2.45) is 5.73 Å². The molecule has 218 valence electrons. The molecule has 0 radical (unpaired) electrons. The molecule has 11 heteroatoms. The smallest absolute Gasteiger partial charge is 0.272 e. The van der Waals surface area contributed by atoms with Gasteiger partial charge in [0.2, 0.25) is 5.88 Å². The number of nitrogens with two attached hydrogens (primary N) is 1. The Hall–Kier alpha value is -4.12. The molecule has 0 saturated heterocycles. The van der Waals surface area contributed by atoms with Crippen molar-refractivity contribution in [1.82, 2.24) is 24.7 Å². The maximum Gasteiger partial charge on any atom is 0.272 e. The van der Waals surface area contributed by atoms with Gasteiger partial charge in [-0.25, -0.2) is 4.52 Å². The third kappa shape index (κ3) is 6.14. The molecule has 11 nitrogen and oxygen atoms in total. The second-order valence-electron chi connectivity index (χ2n) is 11.8. The van der Waals surface area contributed by atoms with Crippen LogP contribution < -0.4 is 20.5 Å². The van der Waals surface area contributed by atoms with Gasteiger partial charge in [-0.05, 0) is 90.1 Å². The van der Waals surface area contributed by atoms with E-state index in [1.165, 1.54) is 0 Å². The Morgan fingerprint density at radius 2 is 1.85 bits per heavy atom. The average Bonchev–Trinajstić information content (AvgIpc) is 3.46. The van der Waals surface area contributed by atoms with Crippen LogP contribution in [0.15, 0.2) is 36.5 Å². The van der Waals surface area contributed by atoms with Gasteiger partial charge in [0.25, 0.3) is 11.8 Å². The first-order valence-corrected chi connectivity index (χ1v) is 14.0. The Morgan fingerprint density at radius 3 is 2.51 bits per heavy atom. The number of hydrogen-bond donors (Lipinski definition) is 3. The molecule has 41 heavy (non-hydrogen) atoms. The van der Waals surface area contributed by atoms with Crippen LogP contribution >= 0.6 is 0 Å². The molecule has 0 atom stereocenters. The zero-order valence-electron chi connectivity index (χ0n) is 24.2. The van der Waals surface area contributed by atoms with Crippen molar-refractivity contribution in [1.29, 1.82) is 0 Å². The van der Waals surface area contributed by atoms with Gasteiger partial charge in [-0.2, -0.15) is 5.10 Å². The molecule has 1 aliphatic rings. The van der Waals surface area contributed by atoms with Crippen molar-refractivity contribution >= 4 is 28.2 Å². The Morgan fingerprint density at radius 1 is 1.12 bits per heavy atom. The zero-order valence-corrected chi connectivity index (χ0v) is 24.2. The second-order valence-corrected chi connectivity index (χ2v) is 11.8. The van der Waals surface area contributed by atoms with Gasteiger partial charge in [0.05, 0.1) is 16.6 Å². The van der Waals surface area contributed by atoms with Crippen molar-refractivity contribution < 1.29 is 24.2 Å². The average molecular weight is 563 g/mol. The summed E-state index contributed by atoms with van der Waals surface area (Å²) < 4.78 is 15.4. The van der Waals surface area contributed by atoms with Gasteiger partial charge in [-0.1, -0.05) is 0 Å². The van der Waals surface area contributed by atoms with Gasteiger partial charge in [0.15, 0.2) is 5.69 Å². The van der Waals surface area contributed by atoms with E-state index in [0.717, 1.165) is 16.5 Å². The molecule has 2 amide bonds. The topological polar surface area (TPSA) is 146 Å². The first-order valence-electron chi connectivity index (χ1n) is 14.0. The van der Waals surface area contributed by atoms with Gasteiger partial charge in [0, 0.05) is 29.7 Å². The number of rotatable bonds is 9. The quantitative estimate of drug-likeness (QED) is 0.280. The van der Waals surface area contributed by atoms with Crippen LogP contribution in [0, 0.1) is 6.92 Å². The third-order valence-electron chi connectivity index (χ3n) is 7.27. The van der Waals surface area contributed by atoms with Gasteiger partial charge in [0.1, 0.15) is 24.0 Å². The minimum absolute atomic E-state index is 0.0321. The zero-order chi connectivity index (χ0) is 29.5. The molecule has 1 aliphatic carbocycles. The number of aryl methyl sites for hydroxylation is 1. The summed E-state index contributed by atoms with van der Waals surface area (Å²) in [6.45, 7) is 9.47. The molecule has 1 fully saturated rings. The van der Waals surface area contributed by atoms with E-state index in [2.05, 4.69) is 15.5 Å². The lowest BCUT2D eigenvalue weighted by atomic mass is 9.92. The van der Waals surface area contributed by atoms with E-state index in [0.29, 0.717) is 42.6 Å². The van der Waals surface area contributed by atoms with E-state index in [4.69, 9.17) is 15.2 Å². The van der Waals surface area contributed by atoms with Crippen LogP contribution in [0.5, 0.6) is 11.6 Å². The van der Waals surface area contributed by atoms with E-state index in [1.807, 2.05) is 49.7 Å². The number of carbonyl (C=O) groups excluding carboxylic acids is 2. The predicted molar refractivity (Wildman–Crippen MR) is 154 cm³/mol. The molecule has 4 aromatic rings. The minimum atomic E-state index is -0.960. The standard InChI is InChI=1S/C30H38N6O5/c1-17(2)36-23-15-21(40-16-30(4,5)39)10-11-22(23)26(33-36)28(38)32-19-6-8-20(9-7-19)41-29-25(27(31)37)24-14-18(3)12-13-35(24)34-29/h10-15,17,19-20,39H,6-9,16H2,1-5H3,(H2,31,37)(H,32,38). The van der Waals surface area contributed by atoms with Gasteiger partial charge in [-0.15, -0.1) is 5.10 Å². The number of pyridine rings is 1. The molecule has 4 N–H and O–H groups in total. The summed E-state index contributed by atoms with van der Waals surface area (Å²) in [6, 6.07) is 9.25. The Labute approximate surface area is 238 Å². The number of nitrogens with zero attached hydrogens (tertiary/aromatic N) is 4. The van der Waals surface area contributed by atoms with Crippen molar-refractivity contribution in [2.75, 3.05) is 6.61 Å². The number of fused-ring (bicyclic) bond motifs is 2. The highest BCUT2D eigenvalue weighted by Crippen LogP contribution is 2.30. The summed E-state index contributed by atoms with van der Waals surface area (Å²) in [7, 11) is 0. The summed E-state index contributed by atoms with van der Waals surface area (Å²) >= 11 is 0. The SMILES string of the molecule is Cc1ccn2nc(OC3CCC(NC(=O)c4nn(C(C)C)c5cc(OCC(C)(C)O)ccc45)CC3)c(C(N)=O)c2c1. The number of nitrogens with one attached hydrogen (secondary N) is 1. The summed E-state index contributed by atoms with van der Waals surface area (Å²) in [5, 5.41) is 23.0. The fourth-order valence-corrected chi connectivity index (χ4v) is 5.21. The number of hydrogen-bond acceptors (Lipinski definition) is 7. The molecular formula is C30H38N6O5. The summed E-state index contributed by atoms with van der Waals surface area (Å²) in [6.07, 6.45) is 4.46. The highest BCUT2D eigenvalue weighted by Gasteiger charge is 2.29. The number of amides is 2. The molecule has 0 spiro atoms. The van der Waals surface area contributed by atoms with Crippen LogP contribution in [0.25, 0.3) is 16.4 Å². The largest absolute Gasteiger partial charge is 0.491 e. The van der Waals surface area contributed by atoms with Crippen LogP contribution in [-0.4, -0.2) is 60.7 Å². The van der Waals surface area contributed by atoms with Crippen molar-refractivity contribution in [2.45, 2.75) is 84.1 Å². The second kappa shape index (κ2) is 11.0. The van der Waals surface area contributed by atoms with E-state index in [-0.39, 0.29) is 42.1 Å². The molecular weight excluding hydrogens is 524 g/mol. The molecule has 3 aromatic heterocycles. The normalized spacial score (nSPS) is 17.7. The molecule has 1 saturated carbocycles. The molecule has 0 aliphatic heterocycles. The van der Waals surface area contributed by atoms with Crippen LogP contribution in [-0.2, 0) is 0 Å². The summed E-state index contributed by atoms with van der Waals surface area (Å²) in [5.74, 6) is 0.0420.